The Morgan fingerprint density at radius 2 is 2.17 bits per heavy atom. The molecule has 3 nitrogen and oxygen atoms in total. The van der Waals surface area contributed by atoms with Gasteiger partial charge in [0.15, 0.2) is 11.6 Å². The van der Waals surface area contributed by atoms with Crippen molar-refractivity contribution in [3.8, 4) is 0 Å². The lowest BCUT2D eigenvalue weighted by Gasteiger charge is -2.19. The molecule has 2 fully saturated rings. The van der Waals surface area contributed by atoms with E-state index in [1.54, 1.807) is 0 Å². The molecule has 1 aromatic carbocycles. The van der Waals surface area contributed by atoms with Gasteiger partial charge in [-0.2, -0.15) is 0 Å². The van der Waals surface area contributed by atoms with Crippen molar-refractivity contribution in [2.75, 3.05) is 5.32 Å². The summed E-state index contributed by atoms with van der Waals surface area (Å²) >= 11 is 0. The Bertz CT molecular complexity index is 492. The van der Waals surface area contributed by atoms with Crippen molar-refractivity contribution in [3.63, 3.8) is 0 Å². The molecule has 2 heterocycles. The molecule has 3 rings (SSSR count). The number of carbonyl (C=O) groups is 1. The Morgan fingerprint density at radius 3 is 2.83 bits per heavy atom. The average Bonchev–Trinajstić information content (AvgIpc) is 2.97. The van der Waals surface area contributed by atoms with Crippen LogP contribution in [0.5, 0.6) is 0 Å². The first kappa shape index (κ1) is 11.6. The van der Waals surface area contributed by atoms with Gasteiger partial charge in [-0.25, -0.2) is 8.78 Å². The Balaban J connectivity index is 1.73. The van der Waals surface area contributed by atoms with E-state index in [0.29, 0.717) is 6.04 Å². The zero-order valence-corrected chi connectivity index (χ0v) is 9.75. The summed E-state index contributed by atoms with van der Waals surface area (Å²) in [7, 11) is 0. The van der Waals surface area contributed by atoms with Crippen LogP contribution in [0.25, 0.3) is 0 Å². The standard InChI is InChI=1S/C13H14F2N2O/c14-9-2-1-3-11(12(9)15)17-13(18)8-6-7-4-5-10(8)16-7/h1-3,7-8,10,16H,4-6H2,(H,17,18). The maximum Gasteiger partial charge on any atom is 0.229 e. The third kappa shape index (κ3) is 1.88. The molecular formula is C13H14F2N2O. The number of nitrogens with one attached hydrogen (secondary N) is 2. The highest BCUT2D eigenvalue weighted by atomic mass is 19.2. The highest BCUT2D eigenvalue weighted by molar-refractivity contribution is 5.93. The van der Waals surface area contributed by atoms with Crippen LogP contribution in [0, 0.1) is 17.6 Å². The highest BCUT2D eigenvalue weighted by Crippen LogP contribution is 2.34. The molecule has 5 heteroatoms. The van der Waals surface area contributed by atoms with E-state index in [1.165, 1.54) is 12.1 Å². The second-order valence-corrected chi connectivity index (χ2v) is 4.98. The number of carbonyl (C=O) groups excluding carboxylic acids is 1. The Labute approximate surface area is 104 Å². The second-order valence-electron chi connectivity index (χ2n) is 4.98. The van der Waals surface area contributed by atoms with Crippen LogP contribution < -0.4 is 10.6 Å². The lowest BCUT2D eigenvalue weighted by molar-refractivity contribution is -0.120. The van der Waals surface area contributed by atoms with Crippen LogP contribution in [0.4, 0.5) is 14.5 Å². The molecule has 0 radical (unpaired) electrons. The van der Waals surface area contributed by atoms with Crippen molar-refractivity contribution in [2.24, 2.45) is 5.92 Å². The largest absolute Gasteiger partial charge is 0.323 e. The molecule has 96 valence electrons. The van der Waals surface area contributed by atoms with Gasteiger partial charge in [0.2, 0.25) is 5.91 Å². The number of halogens is 2. The van der Waals surface area contributed by atoms with Gasteiger partial charge < -0.3 is 10.6 Å². The quantitative estimate of drug-likeness (QED) is 0.845. The normalized spacial score (nSPS) is 29.6. The summed E-state index contributed by atoms with van der Waals surface area (Å²) in [4.78, 5) is 12.0. The van der Waals surface area contributed by atoms with Gasteiger partial charge in [-0.05, 0) is 31.4 Å². The summed E-state index contributed by atoms with van der Waals surface area (Å²) in [6.45, 7) is 0. The number of rotatable bonds is 2. The first-order valence-electron chi connectivity index (χ1n) is 6.16. The molecule has 2 aliphatic rings. The fourth-order valence-electron chi connectivity index (χ4n) is 2.94. The third-order valence-electron chi connectivity index (χ3n) is 3.85. The molecule has 18 heavy (non-hydrogen) atoms. The van der Waals surface area contributed by atoms with E-state index in [2.05, 4.69) is 10.6 Å². The van der Waals surface area contributed by atoms with Crippen molar-refractivity contribution < 1.29 is 13.6 Å². The van der Waals surface area contributed by atoms with Crippen molar-refractivity contribution in [1.29, 1.82) is 0 Å². The number of hydrogen-bond donors (Lipinski definition) is 2. The summed E-state index contributed by atoms with van der Waals surface area (Å²) < 4.78 is 26.4. The topological polar surface area (TPSA) is 41.1 Å². The number of anilines is 1. The molecule has 0 spiro atoms. The summed E-state index contributed by atoms with van der Waals surface area (Å²) in [5, 5.41) is 5.83. The fraction of sp³-hybridized carbons (Fsp3) is 0.462. The van der Waals surface area contributed by atoms with Gasteiger partial charge in [-0.15, -0.1) is 0 Å². The van der Waals surface area contributed by atoms with Crippen molar-refractivity contribution in [2.45, 2.75) is 31.3 Å². The third-order valence-corrected chi connectivity index (χ3v) is 3.85. The van der Waals surface area contributed by atoms with E-state index in [0.717, 1.165) is 25.3 Å². The fourth-order valence-corrected chi connectivity index (χ4v) is 2.94. The first-order chi connectivity index (χ1) is 8.65. The molecule has 2 bridgehead atoms. The molecule has 2 N–H and O–H groups in total. The monoisotopic (exact) mass is 252 g/mol. The molecule has 0 aromatic heterocycles. The van der Waals surface area contributed by atoms with Gasteiger partial charge in [0.05, 0.1) is 11.6 Å². The van der Waals surface area contributed by atoms with E-state index in [1.807, 2.05) is 0 Å². The maximum absolute atomic E-state index is 13.4. The SMILES string of the molecule is O=C(Nc1cccc(F)c1F)C1CC2CCC1N2. The molecule has 0 saturated carbocycles. The molecule has 0 aliphatic carbocycles. The van der Waals surface area contributed by atoms with Crippen LogP contribution in [0.2, 0.25) is 0 Å². The summed E-state index contributed by atoms with van der Waals surface area (Å²) in [6.07, 6.45) is 2.87. The van der Waals surface area contributed by atoms with Gasteiger partial charge in [0.25, 0.3) is 0 Å². The van der Waals surface area contributed by atoms with Gasteiger partial charge >= 0.3 is 0 Å². The molecule has 1 amide bonds. The van der Waals surface area contributed by atoms with Gasteiger partial charge in [0.1, 0.15) is 0 Å². The lowest BCUT2D eigenvalue weighted by atomic mass is 9.88. The summed E-state index contributed by atoms with van der Waals surface area (Å²) in [5.41, 5.74) is -0.0808. The number of benzene rings is 1. The minimum Gasteiger partial charge on any atom is -0.323 e. The highest BCUT2D eigenvalue weighted by Gasteiger charge is 2.42. The average molecular weight is 252 g/mol. The van der Waals surface area contributed by atoms with Crippen LogP contribution in [0.15, 0.2) is 18.2 Å². The smallest absolute Gasteiger partial charge is 0.229 e. The number of amides is 1. The maximum atomic E-state index is 13.4. The zero-order valence-electron chi connectivity index (χ0n) is 9.75. The zero-order chi connectivity index (χ0) is 12.7. The summed E-state index contributed by atoms with van der Waals surface area (Å²) in [6, 6.07) is 4.38. The van der Waals surface area contributed by atoms with Crippen LogP contribution in [-0.4, -0.2) is 18.0 Å². The van der Waals surface area contributed by atoms with E-state index in [4.69, 9.17) is 0 Å². The number of fused-ring (bicyclic) bond motifs is 2. The number of hydrogen-bond acceptors (Lipinski definition) is 2. The van der Waals surface area contributed by atoms with Crippen LogP contribution in [0.3, 0.4) is 0 Å². The minimum absolute atomic E-state index is 0.0808. The van der Waals surface area contributed by atoms with Crippen molar-refractivity contribution >= 4 is 11.6 Å². The second kappa shape index (κ2) is 4.31. The van der Waals surface area contributed by atoms with Crippen LogP contribution in [0.1, 0.15) is 19.3 Å². The van der Waals surface area contributed by atoms with Gasteiger partial charge in [0, 0.05) is 12.1 Å². The Kier molecular flexibility index (Phi) is 2.78. The van der Waals surface area contributed by atoms with E-state index in [-0.39, 0.29) is 23.6 Å². The van der Waals surface area contributed by atoms with Crippen molar-refractivity contribution in [1.82, 2.24) is 5.32 Å². The van der Waals surface area contributed by atoms with Crippen LogP contribution >= 0.6 is 0 Å². The molecule has 3 atom stereocenters. The first-order valence-corrected chi connectivity index (χ1v) is 6.16. The predicted molar refractivity (Wildman–Crippen MR) is 63.0 cm³/mol. The lowest BCUT2D eigenvalue weighted by Crippen LogP contribution is -2.33. The van der Waals surface area contributed by atoms with Crippen LogP contribution in [-0.2, 0) is 4.79 Å². The molecule has 2 aliphatic heterocycles. The van der Waals surface area contributed by atoms with E-state index >= 15 is 0 Å². The van der Waals surface area contributed by atoms with Gasteiger partial charge in [-0.3, -0.25) is 4.79 Å². The molecule has 2 saturated heterocycles. The molecular weight excluding hydrogens is 238 g/mol. The molecule has 1 aromatic rings. The Hall–Kier alpha value is -1.49. The van der Waals surface area contributed by atoms with Gasteiger partial charge in [-0.1, -0.05) is 6.07 Å². The predicted octanol–water partition coefficient (Wildman–Crippen LogP) is 2.04. The summed E-state index contributed by atoms with van der Waals surface area (Å²) in [5.74, 6) is -2.30. The Morgan fingerprint density at radius 1 is 1.33 bits per heavy atom. The van der Waals surface area contributed by atoms with Crippen molar-refractivity contribution in [3.05, 3.63) is 29.8 Å². The van der Waals surface area contributed by atoms with E-state index in [9.17, 15) is 13.6 Å². The molecule has 3 unspecified atom stereocenters. The minimum atomic E-state index is -0.998. The van der Waals surface area contributed by atoms with E-state index < -0.39 is 11.6 Å².